The number of aromatic nitrogens is 1. The Balaban J connectivity index is 1.98. The van der Waals surface area contributed by atoms with Crippen LogP contribution in [0.4, 0.5) is 5.69 Å². The summed E-state index contributed by atoms with van der Waals surface area (Å²) in [6, 6.07) is 2.43. The number of anilines is 1. The second-order valence-corrected chi connectivity index (χ2v) is 5.41. The summed E-state index contributed by atoms with van der Waals surface area (Å²) in [5, 5.41) is 0. The first-order valence-corrected chi connectivity index (χ1v) is 6.73. The van der Waals surface area contributed by atoms with Gasteiger partial charge in [-0.25, -0.2) is 0 Å². The van der Waals surface area contributed by atoms with E-state index in [9.17, 15) is 0 Å². The van der Waals surface area contributed by atoms with Crippen molar-refractivity contribution in [1.82, 2.24) is 4.98 Å². The molecule has 4 heteroatoms. The van der Waals surface area contributed by atoms with Gasteiger partial charge in [0.25, 0.3) is 0 Å². The first-order valence-electron chi connectivity index (χ1n) is 6.73. The molecule has 0 aromatic carbocycles. The van der Waals surface area contributed by atoms with E-state index in [-0.39, 0.29) is 0 Å². The monoisotopic (exact) mass is 249 g/mol. The summed E-state index contributed by atoms with van der Waals surface area (Å²) in [7, 11) is 0. The summed E-state index contributed by atoms with van der Waals surface area (Å²) in [5.74, 6) is 1.39. The minimum absolute atomic E-state index is 0.356. The largest absolute Gasteiger partial charge is 0.492 e. The van der Waals surface area contributed by atoms with Crippen LogP contribution in [-0.2, 0) is 0 Å². The van der Waals surface area contributed by atoms with Crippen LogP contribution >= 0.6 is 0 Å². The first kappa shape index (κ1) is 13.1. The maximum atomic E-state index is 5.92. The van der Waals surface area contributed by atoms with Gasteiger partial charge in [0.1, 0.15) is 5.75 Å². The van der Waals surface area contributed by atoms with Crippen LogP contribution in [0.25, 0.3) is 0 Å². The molecule has 1 saturated heterocycles. The molecule has 0 saturated carbocycles. The first-order chi connectivity index (χ1) is 8.65. The van der Waals surface area contributed by atoms with Gasteiger partial charge in [-0.2, -0.15) is 0 Å². The molecule has 1 aliphatic heterocycles. The van der Waals surface area contributed by atoms with Crippen molar-refractivity contribution in [3.8, 4) is 5.75 Å². The van der Waals surface area contributed by atoms with Crippen LogP contribution in [0, 0.1) is 5.92 Å². The standard InChI is InChI=1S/C14H23N3O/c1-11(2)10-18-14-7-13(8-16-9-14)17-5-3-12(15)4-6-17/h7-9,11-12H,3-6,10,15H2,1-2H3. The highest BCUT2D eigenvalue weighted by Crippen LogP contribution is 2.22. The summed E-state index contributed by atoms with van der Waals surface area (Å²) in [5.41, 5.74) is 7.06. The van der Waals surface area contributed by atoms with E-state index in [0.29, 0.717) is 12.0 Å². The van der Waals surface area contributed by atoms with Crippen LogP contribution in [0.3, 0.4) is 0 Å². The van der Waals surface area contributed by atoms with Gasteiger partial charge in [0.15, 0.2) is 0 Å². The zero-order chi connectivity index (χ0) is 13.0. The lowest BCUT2D eigenvalue weighted by molar-refractivity contribution is 0.270. The minimum atomic E-state index is 0.356. The highest BCUT2D eigenvalue weighted by molar-refractivity contribution is 5.48. The number of hydrogen-bond donors (Lipinski definition) is 1. The third-order valence-corrected chi connectivity index (χ3v) is 3.19. The Morgan fingerprint density at radius 3 is 2.78 bits per heavy atom. The molecule has 100 valence electrons. The number of nitrogens with zero attached hydrogens (tertiary/aromatic N) is 2. The van der Waals surface area contributed by atoms with Crippen LogP contribution in [0.1, 0.15) is 26.7 Å². The third-order valence-electron chi connectivity index (χ3n) is 3.19. The molecule has 1 fully saturated rings. The Bertz CT molecular complexity index is 373. The number of pyridine rings is 1. The number of ether oxygens (including phenoxy) is 1. The van der Waals surface area contributed by atoms with E-state index in [2.05, 4.69) is 29.8 Å². The summed E-state index contributed by atoms with van der Waals surface area (Å²) in [6.07, 6.45) is 5.79. The molecule has 0 bridgehead atoms. The molecule has 2 rings (SSSR count). The fraction of sp³-hybridized carbons (Fsp3) is 0.643. The topological polar surface area (TPSA) is 51.4 Å². The molecule has 4 nitrogen and oxygen atoms in total. The van der Waals surface area contributed by atoms with Gasteiger partial charge in [-0.15, -0.1) is 0 Å². The van der Waals surface area contributed by atoms with Gasteiger partial charge in [-0.05, 0) is 18.8 Å². The molecular weight excluding hydrogens is 226 g/mol. The predicted octanol–water partition coefficient (Wildman–Crippen LogP) is 2.04. The highest BCUT2D eigenvalue weighted by Gasteiger charge is 2.16. The lowest BCUT2D eigenvalue weighted by Crippen LogP contribution is -2.39. The van der Waals surface area contributed by atoms with E-state index >= 15 is 0 Å². The molecular formula is C14H23N3O. The average molecular weight is 249 g/mol. The zero-order valence-electron chi connectivity index (χ0n) is 11.3. The van der Waals surface area contributed by atoms with Gasteiger partial charge in [0.05, 0.1) is 24.7 Å². The van der Waals surface area contributed by atoms with Crippen molar-refractivity contribution in [3.63, 3.8) is 0 Å². The quantitative estimate of drug-likeness (QED) is 0.887. The molecule has 0 spiro atoms. The molecule has 1 aromatic heterocycles. The summed E-state index contributed by atoms with van der Waals surface area (Å²) in [4.78, 5) is 6.59. The van der Waals surface area contributed by atoms with Crippen LogP contribution in [-0.4, -0.2) is 30.7 Å². The molecule has 0 unspecified atom stereocenters. The molecule has 0 aliphatic carbocycles. The smallest absolute Gasteiger partial charge is 0.139 e. The van der Waals surface area contributed by atoms with Crippen LogP contribution in [0.2, 0.25) is 0 Å². The molecule has 0 radical (unpaired) electrons. The predicted molar refractivity (Wildman–Crippen MR) is 74.0 cm³/mol. The number of piperidine rings is 1. The van der Waals surface area contributed by atoms with Gasteiger partial charge in [0, 0.05) is 25.2 Å². The van der Waals surface area contributed by atoms with E-state index < -0.39 is 0 Å². The number of rotatable bonds is 4. The maximum absolute atomic E-state index is 5.92. The van der Waals surface area contributed by atoms with E-state index in [4.69, 9.17) is 10.5 Å². The Labute approximate surface area is 109 Å². The van der Waals surface area contributed by atoms with Crippen molar-refractivity contribution >= 4 is 5.69 Å². The molecule has 1 aliphatic rings. The second kappa shape index (κ2) is 6.05. The minimum Gasteiger partial charge on any atom is -0.492 e. The second-order valence-electron chi connectivity index (χ2n) is 5.41. The Hall–Kier alpha value is -1.29. The fourth-order valence-electron chi connectivity index (χ4n) is 2.08. The number of hydrogen-bond acceptors (Lipinski definition) is 4. The third kappa shape index (κ3) is 3.60. The summed E-state index contributed by atoms with van der Waals surface area (Å²) in [6.45, 7) is 7.04. The lowest BCUT2D eigenvalue weighted by atomic mass is 10.1. The van der Waals surface area contributed by atoms with E-state index in [1.807, 2.05) is 6.20 Å². The highest BCUT2D eigenvalue weighted by atomic mass is 16.5. The zero-order valence-corrected chi connectivity index (χ0v) is 11.3. The average Bonchev–Trinajstić information content (AvgIpc) is 2.37. The summed E-state index contributed by atoms with van der Waals surface area (Å²) < 4.78 is 5.71. The van der Waals surface area contributed by atoms with Gasteiger partial charge in [-0.1, -0.05) is 13.8 Å². The van der Waals surface area contributed by atoms with E-state index in [0.717, 1.165) is 44.0 Å². The van der Waals surface area contributed by atoms with Gasteiger partial charge < -0.3 is 15.4 Å². The van der Waals surface area contributed by atoms with Crippen molar-refractivity contribution < 1.29 is 4.74 Å². The van der Waals surface area contributed by atoms with Crippen molar-refractivity contribution in [3.05, 3.63) is 18.5 Å². The van der Waals surface area contributed by atoms with Crippen LogP contribution in [0.5, 0.6) is 5.75 Å². The lowest BCUT2D eigenvalue weighted by Gasteiger charge is -2.31. The van der Waals surface area contributed by atoms with E-state index in [1.165, 1.54) is 0 Å². The molecule has 0 atom stereocenters. The molecule has 1 aromatic rings. The van der Waals surface area contributed by atoms with Crippen LogP contribution in [0.15, 0.2) is 18.5 Å². The fourth-order valence-corrected chi connectivity index (χ4v) is 2.08. The van der Waals surface area contributed by atoms with Crippen LogP contribution < -0.4 is 15.4 Å². The maximum Gasteiger partial charge on any atom is 0.139 e. The SMILES string of the molecule is CC(C)COc1cncc(N2CCC(N)CC2)c1. The van der Waals surface area contributed by atoms with Crippen molar-refractivity contribution in [2.45, 2.75) is 32.7 Å². The van der Waals surface area contributed by atoms with Gasteiger partial charge in [0.2, 0.25) is 0 Å². The Morgan fingerprint density at radius 2 is 2.11 bits per heavy atom. The molecule has 2 N–H and O–H groups in total. The number of nitrogens with two attached hydrogens (primary N) is 1. The molecule has 2 heterocycles. The van der Waals surface area contributed by atoms with Crippen molar-refractivity contribution in [2.75, 3.05) is 24.6 Å². The summed E-state index contributed by atoms with van der Waals surface area (Å²) >= 11 is 0. The van der Waals surface area contributed by atoms with Crippen molar-refractivity contribution in [1.29, 1.82) is 0 Å². The van der Waals surface area contributed by atoms with Gasteiger partial charge in [-0.3, -0.25) is 4.98 Å². The Kier molecular flexibility index (Phi) is 4.42. The molecule has 0 amide bonds. The Morgan fingerprint density at radius 1 is 1.39 bits per heavy atom. The molecule has 18 heavy (non-hydrogen) atoms. The van der Waals surface area contributed by atoms with E-state index in [1.54, 1.807) is 6.20 Å². The van der Waals surface area contributed by atoms with Gasteiger partial charge >= 0.3 is 0 Å². The van der Waals surface area contributed by atoms with Crippen molar-refractivity contribution in [2.24, 2.45) is 11.7 Å². The normalized spacial score (nSPS) is 17.2.